The van der Waals surface area contributed by atoms with Crippen molar-refractivity contribution in [2.75, 3.05) is 11.9 Å². The van der Waals surface area contributed by atoms with Crippen molar-refractivity contribution in [2.45, 2.75) is 32.8 Å². The third-order valence-corrected chi connectivity index (χ3v) is 3.22. The Labute approximate surface area is 101 Å². The van der Waals surface area contributed by atoms with Gasteiger partial charge in [0.25, 0.3) is 0 Å². The topological polar surface area (TPSA) is 51.2 Å². The van der Waals surface area contributed by atoms with Crippen LogP contribution in [0.4, 0.5) is 5.69 Å². The van der Waals surface area contributed by atoms with Crippen LogP contribution in [0.15, 0.2) is 18.5 Å². The number of rotatable bonds is 2. The van der Waals surface area contributed by atoms with Gasteiger partial charge in [0.05, 0.1) is 12.0 Å². The molecule has 4 nitrogen and oxygen atoms in total. The van der Waals surface area contributed by atoms with Crippen LogP contribution in [0.1, 0.15) is 25.3 Å². The van der Waals surface area contributed by atoms with E-state index in [9.17, 15) is 4.79 Å². The van der Waals surface area contributed by atoms with Crippen molar-refractivity contribution in [3.05, 3.63) is 24.0 Å². The number of aromatic nitrogens is 1. The number of aryl methyl sites for hydroxylation is 1. The van der Waals surface area contributed by atoms with Crippen LogP contribution < -0.4 is 5.32 Å². The summed E-state index contributed by atoms with van der Waals surface area (Å²) in [5.74, 6) is 0.00261. The Bertz CT molecular complexity index is 406. The predicted molar refractivity (Wildman–Crippen MR) is 65.7 cm³/mol. The van der Waals surface area contributed by atoms with Crippen LogP contribution in [-0.4, -0.2) is 23.6 Å². The highest BCUT2D eigenvalue weighted by Gasteiger charge is 2.28. The summed E-state index contributed by atoms with van der Waals surface area (Å²) < 4.78 is 5.51. The molecule has 1 N–H and O–H groups in total. The Hall–Kier alpha value is -1.42. The van der Waals surface area contributed by atoms with Gasteiger partial charge in [-0.3, -0.25) is 9.78 Å². The molecule has 0 unspecified atom stereocenters. The fraction of sp³-hybridized carbons (Fsp3) is 0.538. The van der Waals surface area contributed by atoms with Crippen LogP contribution in [0.25, 0.3) is 0 Å². The molecule has 1 aromatic heterocycles. The lowest BCUT2D eigenvalue weighted by Crippen LogP contribution is -2.36. The summed E-state index contributed by atoms with van der Waals surface area (Å²) in [4.78, 5) is 16.1. The fourth-order valence-electron chi connectivity index (χ4n) is 2.11. The molecule has 1 saturated heterocycles. The van der Waals surface area contributed by atoms with Crippen LogP contribution in [0.3, 0.4) is 0 Å². The van der Waals surface area contributed by atoms with Gasteiger partial charge in [-0.05, 0) is 38.3 Å². The minimum absolute atomic E-state index is 0.00546. The summed E-state index contributed by atoms with van der Waals surface area (Å²) in [6.07, 6.45) is 5.29. The van der Waals surface area contributed by atoms with Gasteiger partial charge in [-0.1, -0.05) is 0 Å². The first-order valence-corrected chi connectivity index (χ1v) is 6.01. The van der Waals surface area contributed by atoms with E-state index < -0.39 is 0 Å². The number of carbonyl (C=O) groups is 1. The molecule has 1 aliphatic rings. The molecule has 1 aliphatic heterocycles. The highest BCUT2D eigenvalue weighted by Crippen LogP contribution is 2.23. The second kappa shape index (κ2) is 5.27. The average Bonchev–Trinajstić information content (AvgIpc) is 2.32. The zero-order chi connectivity index (χ0) is 12.3. The first-order chi connectivity index (χ1) is 8.18. The second-order valence-corrected chi connectivity index (χ2v) is 4.50. The van der Waals surface area contributed by atoms with Crippen LogP contribution in [0.5, 0.6) is 0 Å². The largest absolute Gasteiger partial charge is 0.378 e. The monoisotopic (exact) mass is 234 g/mol. The van der Waals surface area contributed by atoms with Crippen LogP contribution in [0, 0.1) is 12.8 Å². The number of carbonyl (C=O) groups excluding carboxylic acids is 1. The van der Waals surface area contributed by atoms with E-state index in [-0.39, 0.29) is 17.9 Å². The summed E-state index contributed by atoms with van der Waals surface area (Å²) >= 11 is 0. The van der Waals surface area contributed by atoms with Crippen molar-refractivity contribution >= 4 is 11.6 Å². The van der Waals surface area contributed by atoms with Gasteiger partial charge in [0.2, 0.25) is 5.91 Å². The number of hydrogen-bond acceptors (Lipinski definition) is 3. The Kier molecular flexibility index (Phi) is 3.74. The van der Waals surface area contributed by atoms with Gasteiger partial charge >= 0.3 is 0 Å². The fourth-order valence-corrected chi connectivity index (χ4v) is 2.11. The smallest absolute Gasteiger partial charge is 0.230 e. The van der Waals surface area contributed by atoms with Gasteiger partial charge in [0.1, 0.15) is 0 Å². The summed E-state index contributed by atoms with van der Waals surface area (Å²) in [6.45, 7) is 4.66. The van der Waals surface area contributed by atoms with Crippen LogP contribution >= 0.6 is 0 Å². The van der Waals surface area contributed by atoms with Crippen molar-refractivity contribution in [1.82, 2.24) is 4.98 Å². The molecular formula is C13H18N2O2. The standard InChI is InChI=1S/C13H18N2O2/c1-9-8-14-6-5-12(9)15-13(16)11-4-3-7-17-10(11)2/h5-6,8,10-11H,3-4,7H2,1-2H3,(H,14,15,16)/t10-,11-/m0/s1. The molecule has 17 heavy (non-hydrogen) atoms. The van der Waals surface area contributed by atoms with Crippen molar-refractivity contribution in [3.63, 3.8) is 0 Å². The van der Waals surface area contributed by atoms with Crippen LogP contribution in [0.2, 0.25) is 0 Å². The van der Waals surface area contributed by atoms with Crippen LogP contribution in [-0.2, 0) is 9.53 Å². The normalized spacial score (nSPS) is 24.4. The van der Waals surface area contributed by atoms with Crippen molar-refractivity contribution in [2.24, 2.45) is 5.92 Å². The molecule has 92 valence electrons. The van der Waals surface area contributed by atoms with E-state index in [2.05, 4.69) is 10.3 Å². The van der Waals surface area contributed by atoms with E-state index >= 15 is 0 Å². The Morgan fingerprint density at radius 2 is 2.41 bits per heavy atom. The van der Waals surface area contributed by atoms with E-state index in [0.717, 1.165) is 30.7 Å². The summed E-state index contributed by atoms with van der Waals surface area (Å²) in [5.41, 5.74) is 1.81. The first-order valence-electron chi connectivity index (χ1n) is 6.01. The third-order valence-electron chi connectivity index (χ3n) is 3.22. The van der Waals surface area contributed by atoms with E-state index in [4.69, 9.17) is 4.74 Å². The quantitative estimate of drug-likeness (QED) is 0.853. The summed E-state index contributed by atoms with van der Waals surface area (Å²) in [6, 6.07) is 1.82. The molecule has 0 radical (unpaired) electrons. The summed E-state index contributed by atoms with van der Waals surface area (Å²) in [7, 11) is 0. The average molecular weight is 234 g/mol. The molecule has 0 aromatic carbocycles. The van der Waals surface area contributed by atoms with E-state index in [0.29, 0.717) is 0 Å². The minimum Gasteiger partial charge on any atom is -0.378 e. The zero-order valence-corrected chi connectivity index (χ0v) is 10.3. The number of hydrogen-bond donors (Lipinski definition) is 1. The lowest BCUT2D eigenvalue weighted by Gasteiger charge is -2.28. The van der Waals surface area contributed by atoms with E-state index in [1.165, 1.54) is 0 Å². The lowest BCUT2D eigenvalue weighted by molar-refractivity contribution is -0.127. The number of nitrogens with one attached hydrogen (secondary N) is 1. The number of amides is 1. The first kappa shape index (κ1) is 12.0. The second-order valence-electron chi connectivity index (χ2n) is 4.50. The van der Waals surface area contributed by atoms with Gasteiger partial charge < -0.3 is 10.1 Å². The molecule has 0 bridgehead atoms. The number of anilines is 1. The van der Waals surface area contributed by atoms with Gasteiger partial charge in [0, 0.05) is 24.7 Å². The molecular weight excluding hydrogens is 216 g/mol. The molecule has 1 fully saturated rings. The molecule has 1 amide bonds. The Balaban J connectivity index is 2.03. The van der Waals surface area contributed by atoms with Crippen molar-refractivity contribution in [1.29, 1.82) is 0 Å². The molecule has 0 aliphatic carbocycles. The molecule has 2 rings (SSSR count). The zero-order valence-electron chi connectivity index (χ0n) is 10.3. The number of pyridine rings is 1. The maximum absolute atomic E-state index is 12.1. The SMILES string of the molecule is Cc1cnccc1NC(=O)[C@H]1CCCO[C@H]1C. The van der Waals surface area contributed by atoms with Gasteiger partial charge in [-0.2, -0.15) is 0 Å². The van der Waals surface area contributed by atoms with E-state index in [1.807, 2.05) is 19.9 Å². The third kappa shape index (κ3) is 2.82. The molecule has 4 heteroatoms. The van der Waals surface area contributed by atoms with Crippen molar-refractivity contribution in [3.8, 4) is 0 Å². The maximum atomic E-state index is 12.1. The molecule has 0 spiro atoms. The van der Waals surface area contributed by atoms with Gasteiger partial charge in [0.15, 0.2) is 0 Å². The number of nitrogens with zero attached hydrogens (tertiary/aromatic N) is 1. The predicted octanol–water partition coefficient (Wildman–Crippen LogP) is 2.14. The highest BCUT2D eigenvalue weighted by molar-refractivity contribution is 5.93. The van der Waals surface area contributed by atoms with Gasteiger partial charge in [-0.25, -0.2) is 0 Å². The molecule has 2 heterocycles. The number of ether oxygens (including phenoxy) is 1. The highest BCUT2D eigenvalue weighted by atomic mass is 16.5. The molecule has 0 saturated carbocycles. The van der Waals surface area contributed by atoms with E-state index in [1.54, 1.807) is 12.4 Å². The van der Waals surface area contributed by atoms with Gasteiger partial charge in [-0.15, -0.1) is 0 Å². The Morgan fingerprint density at radius 1 is 1.59 bits per heavy atom. The molecule has 2 atom stereocenters. The maximum Gasteiger partial charge on any atom is 0.230 e. The Morgan fingerprint density at radius 3 is 3.12 bits per heavy atom. The molecule has 1 aromatic rings. The van der Waals surface area contributed by atoms with Crippen molar-refractivity contribution < 1.29 is 9.53 Å². The minimum atomic E-state index is -0.0451. The summed E-state index contributed by atoms with van der Waals surface area (Å²) in [5, 5.41) is 2.95. The lowest BCUT2D eigenvalue weighted by atomic mass is 9.94.